The zero-order valence-electron chi connectivity index (χ0n) is 13.7. The van der Waals surface area contributed by atoms with Gasteiger partial charge in [-0.15, -0.1) is 0 Å². The van der Waals surface area contributed by atoms with E-state index in [1.54, 1.807) is 18.7 Å². The van der Waals surface area contributed by atoms with Crippen LogP contribution in [0.1, 0.15) is 31.4 Å². The van der Waals surface area contributed by atoms with Crippen LogP contribution in [0.3, 0.4) is 0 Å². The molecule has 0 bridgehead atoms. The Morgan fingerprint density at radius 3 is 2.39 bits per heavy atom. The molecule has 1 heterocycles. The van der Waals surface area contributed by atoms with Crippen molar-refractivity contribution in [3.63, 3.8) is 0 Å². The van der Waals surface area contributed by atoms with Gasteiger partial charge in [-0.25, -0.2) is 4.79 Å². The van der Waals surface area contributed by atoms with Gasteiger partial charge in [0.25, 0.3) is 0 Å². The number of carboxylic acid groups (broad SMARTS) is 1. The highest BCUT2D eigenvalue weighted by Gasteiger charge is 2.27. The lowest BCUT2D eigenvalue weighted by Gasteiger charge is -2.23. The summed E-state index contributed by atoms with van der Waals surface area (Å²) in [5, 5.41) is 12.1. The summed E-state index contributed by atoms with van der Waals surface area (Å²) >= 11 is 0. The molecule has 1 aromatic carbocycles. The van der Waals surface area contributed by atoms with Crippen molar-refractivity contribution < 1.29 is 14.7 Å². The van der Waals surface area contributed by atoms with Crippen LogP contribution < -0.4 is 5.32 Å². The molecule has 0 saturated heterocycles. The van der Waals surface area contributed by atoms with Crippen molar-refractivity contribution in [3.05, 3.63) is 47.5 Å². The number of carboxylic acids is 1. The highest BCUT2D eigenvalue weighted by Crippen LogP contribution is 2.22. The van der Waals surface area contributed by atoms with Crippen LogP contribution in [0.2, 0.25) is 0 Å². The van der Waals surface area contributed by atoms with E-state index >= 15 is 0 Å². The maximum Gasteiger partial charge on any atom is 0.317 e. The first-order valence-corrected chi connectivity index (χ1v) is 7.87. The maximum absolute atomic E-state index is 12.0. The van der Waals surface area contributed by atoms with Gasteiger partial charge in [0, 0.05) is 19.6 Å². The molecule has 0 spiro atoms. The number of nitrogens with one attached hydrogen (secondary N) is 1. The molecule has 1 aromatic rings. The number of carbonyl (C=O) groups excluding carboxylic acids is 1. The van der Waals surface area contributed by atoms with E-state index in [1.807, 2.05) is 30.3 Å². The second-order valence-corrected chi connectivity index (χ2v) is 6.55. The number of rotatable bonds is 5. The molecule has 0 radical (unpaired) electrons. The van der Waals surface area contributed by atoms with Gasteiger partial charge in [0.1, 0.15) is 0 Å². The Balaban J connectivity index is 1.86. The van der Waals surface area contributed by atoms with E-state index in [0.29, 0.717) is 19.5 Å². The van der Waals surface area contributed by atoms with Gasteiger partial charge in [-0.05, 0) is 37.8 Å². The molecule has 124 valence electrons. The van der Waals surface area contributed by atoms with Gasteiger partial charge in [0.15, 0.2) is 0 Å². The summed E-state index contributed by atoms with van der Waals surface area (Å²) in [5.41, 5.74) is 1.20. The molecule has 2 amide bonds. The van der Waals surface area contributed by atoms with Crippen LogP contribution in [0.25, 0.3) is 0 Å². The van der Waals surface area contributed by atoms with Crippen molar-refractivity contribution in [1.82, 2.24) is 10.2 Å². The summed E-state index contributed by atoms with van der Waals surface area (Å²) in [7, 11) is 0. The monoisotopic (exact) mass is 316 g/mol. The number of aliphatic carboxylic acids is 1. The number of urea groups is 1. The summed E-state index contributed by atoms with van der Waals surface area (Å²) in [4.78, 5) is 25.0. The SMILES string of the molecule is CC(C)(Cc1ccc(CNC(=O)N2CC=CCC2)cc1)C(=O)O. The smallest absolute Gasteiger partial charge is 0.317 e. The molecule has 0 aliphatic carbocycles. The molecule has 1 aliphatic rings. The van der Waals surface area contributed by atoms with Gasteiger partial charge in [0.05, 0.1) is 5.41 Å². The lowest BCUT2D eigenvalue weighted by Crippen LogP contribution is -2.41. The number of hydrogen-bond donors (Lipinski definition) is 2. The Labute approximate surface area is 137 Å². The summed E-state index contributed by atoms with van der Waals surface area (Å²) in [5.74, 6) is -0.801. The minimum absolute atomic E-state index is 0.0505. The van der Waals surface area contributed by atoms with Crippen molar-refractivity contribution in [1.29, 1.82) is 0 Å². The quantitative estimate of drug-likeness (QED) is 0.821. The molecule has 23 heavy (non-hydrogen) atoms. The molecular formula is C18H24N2O3. The largest absolute Gasteiger partial charge is 0.481 e. The molecule has 0 fully saturated rings. The first kappa shape index (κ1) is 17.1. The number of nitrogens with zero attached hydrogens (tertiary/aromatic N) is 1. The summed E-state index contributed by atoms with van der Waals surface area (Å²) in [6.45, 7) is 5.33. The van der Waals surface area contributed by atoms with E-state index in [0.717, 1.165) is 24.1 Å². The fourth-order valence-corrected chi connectivity index (χ4v) is 2.48. The van der Waals surface area contributed by atoms with E-state index in [1.165, 1.54) is 0 Å². The minimum atomic E-state index is -0.801. The fourth-order valence-electron chi connectivity index (χ4n) is 2.48. The average Bonchev–Trinajstić information content (AvgIpc) is 2.54. The first-order chi connectivity index (χ1) is 10.9. The molecule has 2 rings (SSSR count). The van der Waals surface area contributed by atoms with Crippen molar-refractivity contribution in [2.24, 2.45) is 5.41 Å². The van der Waals surface area contributed by atoms with E-state index in [9.17, 15) is 9.59 Å². The molecule has 0 atom stereocenters. The summed E-state index contributed by atoms with van der Waals surface area (Å²) < 4.78 is 0. The van der Waals surface area contributed by atoms with Crippen LogP contribution in [-0.2, 0) is 17.8 Å². The normalized spacial score (nSPS) is 14.6. The lowest BCUT2D eigenvalue weighted by molar-refractivity contribution is -0.146. The fraction of sp³-hybridized carbons (Fsp3) is 0.444. The highest BCUT2D eigenvalue weighted by molar-refractivity contribution is 5.74. The van der Waals surface area contributed by atoms with Gasteiger partial charge < -0.3 is 15.3 Å². The minimum Gasteiger partial charge on any atom is -0.481 e. The summed E-state index contributed by atoms with van der Waals surface area (Å²) in [6, 6.07) is 7.67. The van der Waals surface area contributed by atoms with Gasteiger partial charge >= 0.3 is 12.0 Å². The number of benzene rings is 1. The third-order valence-electron chi connectivity index (χ3n) is 4.04. The third kappa shape index (κ3) is 4.84. The zero-order chi connectivity index (χ0) is 16.9. The Morgan fingerprint density at radius 2 is 1.83 bits per heavy atom. The molecule has 1 aliphatic heterocycles. The molecular weight excluding hydrogens is 292 g/mol. The summed E-state index contributed by atoms with van der Waals surface area (Å²) in [6.07, 6.45) is 5.47. The van der Waals surface area contributed by atoms with E-state index < -0.39 is 11.4 Å². The first-order valence-electron chi connectivity index (χ1n) is 7.87. The van der Waals surface area contributed by atoms with Crippen molar-refractivity contribution in [3.8, 4) is 0 Å². The molecule has 0 aromatic heterocycles. The van der Waals surface area contributed by atoms with Gasteiger partial charge in [-0.2, -0.15) is 0 Å². The van der Waals surface area contributed by atoms with Crippen LogP contribution in [0.5, 0.6) is 0 Å². The van der Waals surface area contributed by atoms with E-state index in [-0.39, 0.29) is 6.03 Å². The predicted octanol–water partition coefficient (Wildman–Crippen LogP) is 2.81. The van der Waals surface area contributed by atoms with Crippen LogP contribution in [0, 0.1) is 5.41 Å². The van der Waals surface area contributed by atoms with Crippen LogP contribution in [0.15, 0.2) is 36.4 Å². The van der Waals surface area contributed by atoms with Crippen molar-refractivity contribution >= 4 is 12.0 Å². The average molecular weight is 316 g/mol. The standard InChI is InChI=1S/C18H24N2O3/c1-18(2,16(21)22)12-14-6-8-15(9-7-14)13-19-17(23)20-10-4-3-5-11-20/h3-4,6-9H,5,10-13H2,1-2H3,(H,19,23)(H,21,22). The molecule has 0 unspecified atom stereocenters. The van der Waals surface area contributed by atoms with E-state index in [2.05, 4.69) is 11.4 Å². The Morgan fingerprint density at radius 1 is 1.17 bits per heavy atom. The second kappa shape index (κ2) is 7.31. The Kier molecular flexibility index (Phi) is 5.42. The molecule has 2 N–H and O–H groups in total. The molecule has 5 heteroatoms. The van der Waals surface area contributed by atoms with Crippen molar-refractivity contribution in [2.45, 2.75) is 33.2 Å². The second-order valence-electron chi connectivity index (χ2n) is 6.55. The molecule has 0 saturated carbocycles. The maximum atomic E-state index is 12.0. The predicted molar refractivity (Wildman–Crippen MR) is 89.1 cm³/mol. The van der Waals surface area contributed by atoms with Crippen LogP contribution in [0.4, 0.5) is 4.79 Å². The number of amides is 2. The van der Waals surface area contributed by atoms with E-state index in [4.69, 9.17) is 5.11 Å². The topological polar surface area (TPSA) is 69.6 Å². The van der Waals surface area contributed by atoms with Gasteiger partial charge in [-0.3, -0.25) is 4.79 Å². The lowest BCUT2D eigenvalue weighted by atomic mass is 9.86. The number of carbonyl (C=O) groups is 2. The van der Waals surface area contributed by atoms with Crippen molar-refractivity contribution in [2.75, 3.05) is 13.1 Å². The third-order valence-corrected chi connectivity index (χ3v) is 4.04. The number of hydrogen-bond acceptors (Lipinski definition) is 2. The van der Waals surface area contributed by atoms with Crippen LogP contribution in [-0.4, -0.2) is 35.1 Å². The van der Waals surface area contributed by atoms with Gasteiger partial charge in [-0.1, -0.05) is 36.4 Å². The Bertz CT molecular complexity index is 591. The Hall–Kier alpha value is -2.30. The van der Waals surface area contributed by atoms with Crippen LogP contribution >= 0.6 is 0 Å². The van der Waals surface area contributed by atoms with Gasteiger partial charge in [0.2, 0.25) is 0 Å². The zero-order valence-corrected chi connectivity index (χ0v) is 13.7. The highest BCUT2D eigenvalue weighted by atomic mass is 16.4. The molecule has 5 nitrogen and oxygen atoms in total.